The van der Waals surface area contributed by atoms with E-state index in [1.54, 1.807) is 6.07 Å². The highest BCUT2D eigenvalue weighted by molar-refractivity contribution is 6.06. The van der Waals surface area contributed by atoms with E-state index in [1.807, 2.05) is 12.1 Å². The third kappa shape index (κ3) is 3.55. The van der Waals surface area contributed by atoms with E-state index in [0.717, 1.165) is 48.3 Å². The molecule has 5 nitrogen and oxygen atoms in total. The number of nitrogens with one attached hydrogen (secondary N) is 1. The van der Waals surface area contributed by atoms with Crippen molar-refractivity contribution in [1.29, 1.82) is 0 Å². The van der Waals surface area contributed by atoms with Crippen LogP contribution in [0, 0.1) is 0 Å². The number of anilines is 1. The van der Waals surface area contributed by atoms with Crippen molar-refractivity contribution in [2.45, 2.75) is 13.3 Å². The summed E-state index contributed by atoms with van der Waals surface area (Å²) >= 11 is 0. The number of piperazine rings is 1. The molecule has 0 spiro atoms. The maximum absolute atomic E-state index is 11.6. The first-order chi connectivity index (χ1) is 13.2. The lowest BCUT2D eigenvalue weighted by Gasteiger charge is -2.36. The smallest absolute Gasteiger partial charge is 0.250 e. The Bertz CT molecular complexity index is 937. The number of benzene rings is 2. The Morgan fingerprint density at radius 2 is 1.81 bits per heavy atom. The zero-order valence-electron chi connectivity index (χ0n) is 15.7. The number of nitrogens with zero attached hydrogens (tertiary/aromatic N) is 2. The maximum atomic E-state index is 11.6. The summed E-state index contributed by atoms with van der Waals surface area (Å²) < 4.78 is 0. The zero-order chi connectivity index (χ0) is 18.8. The van der Waals surface area contributed by atoms with Gasteiger partial charge in [0.2, 0.25) is 0 Å². The van der Waals surface area contributed by atoms with Crippen molar-refractivity contribution >= 4 is 22.5 Å². The highest BCUT2D eigenvalue weighted by Gasteiger charge is 2.16. The monoisotopic (exact) mass is 362 g/mol. The van der Waals surface area contributed by atoms with Crippen molar-refractivity contribution in [2.24, 2.45) is 5.73 Å². The summed E-state index contributed by atoms with van der Waals surface area (Å²) in [5.74, 6) is -0.411. The molecule has 3 aromatic rings. The molecule has 0 unspecified atom stereocenters. The second kappa shape index (κ2) is 7.45. The van der Waals surface area contributed by atoms with Crippen LogP contribution in [0.1, 0.15) is 23.7 Å². The summed E-state index contributed by atoms with van der Waals surface area (Å²) in [5, 5.41) is 0.998. The summed E-state index contributed by atoms with van der Waals surface area (Å²) in [6.07, 6.45) is 1.22. The van der Waals surface area contributed by atoms with Gasteiger partial charge in [-0.15, -0.1) is 0 Å². The number of nitrogens with two attached hydrogens (primary N) is 1. The lowest BCUT2D eigenvalue weighted by molar-refractivity contribution is 0.100. The number of fused-ring (bicyclic) bond motifs is 1. The highest BCUT2D eigenvalue weighted by Crippen LogP contribution is 2.28. The van der Waals surface area contributed by atoms with E-state index < -0.39 is 5.91 Å². The van der Waals surface area contributed by atoms with Gasteiger partial charge in [0.15, 0.2) is 0 Å². The van der Waals surface area contributed by atoms with Crippen LogP contribution in [0.2, 0.25) is 0 Å². The molecular formula is C22H26N4O. The molecule has 0 radical (unpaired) electrons. The van der Waals surface area contributed by atoms with Gasteiger partial charge in [-0.2, -0.15) is 0 Å². The van der Waals surface area contributed by atoms with Crippen LogP contribution in [0.3, 0.4) is 0 Å². The SMILES string of the molecule is CCCN1CCN(c2ccc(-c3cc4cccc(C(N)=O)c4[nH]3)cc2)CC1. The number of carbonyl (C=O) groups is 1. The van der Waals surface area contributed by atoms with Crippen LogP contribution in [-0.4, -0.2) is 48.5 Å². The maximum Gasteiger partial charge on any atom is 0.250 e. The lowest BCUT2D eigenvalue weighted by Crippen LogP contribution is -2.46. The molecule has 4 rings (SSSR count). The molecule has 1 aliphatic heterocycles. The summed E-state index contributed by atoms with van der Waals surface area (Å²) in [4.78, 5) is 20.0. The fraction of sp³-hybridized carbons (Fsp3) is 0.318. The molecule has 0 aliphatic carbocycles. The minimum Gasteiger partial charge on any atom is -0.369 e. The fourth-order valence-corrected chi connectivity index (χ4v) is 3.91. The molecule has 27 heavy (non-hydrogen) atoms. The van der Waals surface area contributed by atoms with E-state index in [2.05, 4.69) is 52.0 Å². The Balaban J connectivity index is 1.54. The molecule has 2 heterocycles. The largest absolute Gasteiger partial charge is 0.369 e. The molecule has 0 atom stereocenters. The third-order valence-electron chi connectivity index (χ3n) is 5.38. The van der Waals surface area contributed by atoms with Crippen molar-refractivity contribution in [3.8, 4) is 11.3 Å². The van der Waals surface area contributed by atoms with Crippen molar-refractivity contribution in [2.75, 3.05) is 37.6 Å². The van der Waals surface area contributed by atoms with E-state index >= 15 is 0 Å². The minimum atomic E-state index is -0.411. The van der Waals surface area contributed by atoms with Gasteiger partial charge in [-0.25, -0.2) is 0 Å². The number of para-hydroxylation sites is 1. The molecule has 140 valence electrons. The Hall–Kier alpha value is -2.79. The van der Waals surface area contributed by atoms with Crippen LogP contribution >= 0.6 is 0 Å². The molecule has 0 bridgehead atoms. The van der Waals surface area contributed by atoms with Crippen LogP contribution in [-0.2, 0) is 0 Å². The summed E-state index contributed by atoms with van der Waals surface area (Å²) in [6.45, 7) is 7.85. The van der Waals surface area contributed by atoms with Gasteiger partial charge < -0.3 is 15.6 Å². The molecule has 3 N–H and O–H groups in total. The average molecular weight is 362 g/mol. The van der Waals surface area contributed by atoms with Gasteiger partial charge in [-0.3, -0.25) is 9.69 Å². The van der Waals surface area contributed by atoms with Gasteiger partial charge in [0.05, 0.1) is 11.1 Å². The van der Waals surface area contributed by atoms with Crippen LogP contribution in [0.5, 0.6) is 0 Å². The minimum absolute atomic E-state index is 0.411. The number of hydrogen-bond donors (Lipinski definition) is 2. The zero-order valence-corrected chi connectivity index (χ0v) is 15.7. The average Bonchev–Trinajstić information content (AvgIpc) is 3.13. The predicted octanol–water partition coefficient (Wildman–Crippen LogP) is 3.47. The predicted molar refractivity (Wildman–Crippen MR) is 111 cm³/mol. The number of hydrogen-bond acceptors (Lipinski definition) is 3. The van der Waals surface area contributed by atoms with Gasteiger partial charge in [-0.05, 0) is 42.8 Å². The first-order valence-electron chi connectivity index (χ1n) is 9.65. The number of aromatic nitrogens is 1. The van der Waals surface area contributed by atoms with Crippen LogP contribution < -0.4 is 10.6 Å². The second-order valence-electron chi connectivity index (χ2n) is 7.19. The Morgan fingerprint density at radius 3 is 2.48 bits per heavy atom. The van der Waals surface area contributed by atoms with Crippen LogP contribution in [0.4, 0.5) is 5.69 Å². The normalized spacial score (nSPS) is 15.4. The number of rotatable bonds is 5. The third-order valence-corrected chi connectivity index (χ3v) is 5.38. The number of aromatic amines is 1. The number of amides is 1. The molecule has 1 amide bonds. The number of carbonyl (C=O) groups excluding carboxylic acids is 1. The van der Waals surface area contributed by atoms with Gasteiger partial charge in [0, 0.05) is 42.9 Å². The number of primary amides is 1. The molecule has 2 aromatic carbocycles. The van der Waals surface area contributed by atoms with E-state index in [1.165, 1.54) is 18.7 Å². The van der Waals surface area contributed by atoms with E-state index in [4.69, 9.17) is 5.73 Å². The number of H-pyrrole nitrogens is 1. The Morgan fingerprint density at radius 1 is 1.07 bits per heavy atom. The lowest BCUT2D eigenvalue weighted by atomic mass is 10.1. The van der Waals surface area contributed by atoms with E-state index in [-0.39, 0.29) is 0 Å². The standard InChI is InChI=1S/C22H26N4O/c1-2-10-25-11-13-26(14-12-25)18-8-6-16(7-9-18)20-15-17-4-3-5-19(22(23)27)21(17)24-20/h3-9,15,24H,2,10-14H2,1H3,(H2,23,27). The van der Waals surface area contributed by atoms with Crippen LogP contribution in [0.15, 0.2) is 48.5 Å². The molecule has 1 aromatic heterocycles. The van der Waals surface area contributed by atoms with Gasteiger partial charge in [0.25, 0.3) is 5.91 Å². The molecule has 1 fully saturated rings. The molecular weight excluding hydrogens is 336 g/mol. The topological polar surface area (TPSA) is 65.4 Å². The quantitative estimate of drug-likeness (QED) is 0.730. The first-order valence-corrected chi connectivity index (χ1v) is 9.65. The van der Waals surface area contributed by atoms with Crippen LogP contribution in [0.25, 0.3) is 22.2 Å². The summed E-state index contributed by atoms with van der Waals surface area (Å²) in [6, 6.07) is 16.3. The van der Waals surface area contributed by atoms with E-state index in [9.17, 15) is 4.79 Å². The van der Waals surface area contributed by atoms with Gasteiger partial charge in [-0.1, -0.05) is 31.2 Å². The van der Waals surface area contributed by atoms with E-state index in [0.29, 0.717) is 5.56 Å². The molecule has 1 aliphatic rings. The van der Waals surface area contributed by atoms with Gasteiger partial charge in [0.1, 0.15) is 0 Å². The second-order valence-corrected chi connectivity index (χ2v) is 7.19. The summed E-state index contributed by atoms with van der Waals surface area (Å²) in [7, 11) is 0. The molecule has 5 heteroatoms. The first kappa shape index (κ1) is 17.6. The summed E-state index contributed by atoms with van der Waals surface area (Å²) in [5.41, 5.74) is 10.2. The highest BCUT2D eigenvalue weighted by atomic mass is 16.1. The molecule has 0 saturated carbocycles. The Labute approximate surface area is 159 Å². The van der Waals surface area contributed by atoms with Crippen molar-refractivity contribution in [3.05, 3.63) is 54.1 Å². The van der Waals surface area contributed by atoms with Crippen molar-refractivity contribution < 1.29 is 4.79 Å². The van der Waals surface area contributed by atoms with Crippen molar-refractivity contribution in [3.63, 3.8) is 0 Å². The Kier molecular flexibility index (Phi) is 4.86. The molecule has 1 saturated heterocycles. The van der Waals surface area contributed by atoms with Gasteiger partial charge >= 0.3 is 0 Å². The van der Waals surface area contributed by atoms with Crippen molar-refractivity contribution in [1.82, 2.24) is 9.88 Å². The fourth-order valence-electron chi connectivity index (χ4n) is 3.91.